The van der Waals surface area contributed by atoms with Crippen molar-refractivity contribution in [1.29, 1.82) is 0 Å². The topological polar surface area (TPSA) is 259 Å². The third-order valence-electron chi connectivity index (χ3n) is 10.7. The van der Waals surface area contributed by atoms with Gasteiger partial charge in [-0.3, -0.25) is 33.6 Å². The van der Waals surface area contributed by atoms with Gasteiger partial charge in [-0.05, 0) is 83.6 Å². The molecule has 0 spiro atoms. The summed E-state index contributed by atoms with van der Waals surface area (Å²) in [5.74, 6) is -3.25. The molecule has 0 bridgehead atoms. The van der Waals surface area contributed by atoms with Crippen molar-refractivity contribution >= 4 is 47.5 Å². The molecule has 8 atom stereocenters. The van der Waals surface area contributed by atoms with Gasteiger partial charge < -0.3 is 51.8 Å². The second-order valence-electron chi connectivity index (χ2n) is 20.8. The van der Waals surface area contributed by atoms with Gasteiger partial charge in [0, 0.05) is 68.4 Å². The molecule has 18 heteroatoms. The third-order valence-corrected chi connectivity index (χ3v) is 10.7. The van der Waals surface area contributed by atoms with Gasteiger partial charge >= 0.3 is 12.1 Å². The average molecular weight is 960 g/mol. The molecule has 18 nitrogen and oxygen atoms in total. The lowest BCUT2D eigenvalue weighted by atomic mass is 9.98. The van der Waals surface area contributed by atoms with Gasteiger partial charge in [-0.1, -0.05) is 85.7 Å². The number of rotatable bonds is 29. The number of alkyl carbamates (subject to hydrolysis) is 1. The number of carbonyl (C=O) groups is 8. The summed E-state index contributed by atoms with van der Waals surface area (Å²) in [6, 6.07) is 4.91. The zero-order chi connectivity index (χ0) is 51.9. The first-order valence-corrected chi connectivity index (χ1v) is 24.2. The largest absolute Gasteiger partial charge is 0.461 e. The van der Waals surface area contributed by atoms with E-state index in [4.69, 9.17) is 9.47 Å². The molecule has 0 heterocycles. The number of aliphatic hydroxyl groups excluding tert-OH is 1. The van der Waals surface area contributed by atoms with Crippen LogP contribution in [0.3, 0.4) is 0 Å². The Morgan fingerprint density at radius 2 is 0.956 bits per heavy atom. The minimum absolute atomic E-state index is 0.00190. The molecule has 0 saturated heterocycles. The van der Waals surface area contributed by atoms with E-state index in [2.05, 4.69) is 37.2 Å². The molecule has 0 saturated carbocycles. The third kappa shape index (κ3) is 27.5. The highest BCUT2D eigenvalue weighted by molar-refractivity contribution is 5.85. The number of esters is 1. The maximum atomic E-state index is 13.2. The summed E-state index contributed by atoms with van der Waals surface area (Å²) >= 11 is 0. The molecule has 0 aliphatic heterocycles. The van der Waals surface area contributed by atoms with Crippen molar-refractivity contribution in [3.05, 3.63) is 35.9 Å². The van der Waals surface area contributed by atoms with Gasteiger partial charge in [-0.15, -0.1) is 0 Å². The van der Waals surface area contributed by atoms with Crippen molar-refractivity contribution in [3.63, 3.8) is 0 Å². The van der Waals surface area contributed by atoms with Crippen LogP contribution in [0.4, 0.5) is 4.79 Å². The van der Waals surface area contributed by atoms with Crippen molar-refractivity contribution in [1.82, 2.24) is 37.2 Å². The van der Waals surface area contributed by atoms with Crippen molar-refractivity contribution < 1.29 is 52.9 Å². The first-order chi connectivity index (χ1) is 31.5. The summed E-state index contributed by atoms with van der Waals surface area (Å²) in [5, 5.41) is 30.4. The number of amides is 7. The van der Waals surface area contributed by atoms with Gasteiger partial charge in [-0.2, -0.15) is 0 Å². The molecular formula is C50H85N7O11. The summed E-state index contributed by atoms with van der Waals surface area (Å²) in [4.78, 5) is 104. The Morgan fingerprint density at radius 1 is 0.529 bits per heavy atom. The number of benzene rings is 1. The number of aliphatic hydroxyl groups is 1. The molecule has 1 aromatic carbocycles. The van der Waals surface area contributed by atoms with Crippen molar-refractivity contribution in [2.45, 2.75) is 209 Å². The van der Waals surface area contributed by atoms with Crippen LogP contribution >= 0.6 is 0 Å². The lowest BCUT2D eigenvalue weighted by molar-refractivity contribution is -0.146. The molecule has 386 valence electrons. The van der Waals surface area contributed by atoms with Crippen LogP contribution < -0.4 is 37.2 Å². The van der Waals surface area contributed by atoms with Crippen molar-refractivity contribution in [2.75, 3.05) is 0 Å². The first-order valence-electron chi connectivity index (χ1n) is 24.2. The van der Waals surface area contributed by atoms with E-state index in [1.165, 1.54) is 6.92 Å². The molecule has 0 aliphatic carbocycles. The standard InChI is InChI=1S/C50H85N7O11/c1-29(2)20-37(54-41(58)22-33(9)52-45(62)27-40(32(7)8)57-49(66)68-50(12,13)14)24-43(60)53-35(11)47(64)48(65)56-39(31(5)6)26-44(61)51-34(10)23-42(59)55-38(21-30(3)4)25-46(63)67-28-36-18-16-15-17-19-36/h15-19,29-35,37-40,47,64H,20-28H2,1-14H3,(H,51,61)(H,52,62)(H,53,60)(H,54,58)(H,55,59)(H,56,65)(H,57,66)/t33-,34-,35-,37-,38-,39+,40+,47-/m0/s1. The number of ether oxygens (including phenoxy) is 2. The quantitative estimate of drug-likeness (QED) is 0.0511. The Hall–Kier alpha value is -5.26. The zero-order valence-electron chi connectivity index (χ0n) is 43.2. The normalized spacial score (nSPS) is 15.2. The molecule has 1 aromatic rings. The van der Waals surface area contributed by atoms with E-state index in [9.17, 15) is 43.5 Å². The molecular weight excluding hydrogens is 875 g/mol. The second-order valence-corrected chi connectivity index (χ2v) is 20.8. The highest BCUT2D eigenvalue weighted by atomic mass is 16.6. The summed E-state index contributed by atoms with van der Waals surface area (Å²) in [7, 11) is 0. The molecule has 0 aromatic heterocycles. The average Bonchev–Trinajstić information content (AvgIpc) is 3.17. The fourth-order valence-corrected chi connectivity index (χ4v) is 7.30. The number of hydrogen-bond donors (Lipinski definition) is 8. The van der Waals surface area contributed by atoms with E-state index < -0.39 is 83.8 Å². The van der Waals surface area contributed by atoms with Gasteiger partial charge in [0.1, 0.15) is 12.2 Å². The molecule has 0 fully saturated rings. The van der Waals surface area contributed by atoms with Crippen LogP contribution in [0.25, 0.3) is 0 Å². The van der Waals surface area contributed by atoms with Gasteiger partial charge in [0.2, 0.25) is 29.5 Å². The predicted octanol–water partition coefficient (Wildman–Crippen LogP) is 4.70. The van der Waals surface area contributed by atoms with E-state index in [1.807, 2.05) is 71.9 Å². The minimum atomic E-state index is -1.67. The fourth-order valence-electron chi connectivity index (χ4n) is 7.30. The molecule has 0 radical (unpaired) electrons. The van der Waals surface area contributed by atoms with E-state index in [0.29, 0.717) is 12.8 Å². The Bertz CT molecular complexity index is 1770. The lowest BCUT2D eigenvalue weighted by Gasteiger charge is -2.27. The molecule has 0 unspecified atom stereocenters. The molecule has 0 aliphatic rings. The monoisotopic (exact) mass is 960 g/mol. The Labute approximate surface area is 405 Å². The van der Waals surface area contributed by atoms with Crippen LogP contribution in [0.2, 0.25) is 0 Å². The minimum Gasteiger partial charge on any atom is -0.461 e. The lowest BCUT2D eigenvalue weighted by Crippen LogP contribution is -2.53. The van der Waals surface area contributed by atoms with Crippen LogP contribution in [0, 0.1) is 23.7 Å². The highest BCUT2D eigenvalue weighted by Gasteiger charge is 2.30. The summed E-state index contributed by atoms with van der Waals surface area (Å²) in [5.41, 5.74) is 0.158. The molecule has 8 N–H and O–H groups in total. The number of carbonyl (C=O) groups excluding carboxylic acids is 8. The zero-order valence-corrected chi connectivity index (χ0v) is 43.2. The Morgan fingerprint density at radius 3 is 1.40 bits per heavy atom. The van der Waals surface area contributed by atoms with Gasteiger partial charge in [0.15, 0.2) is 6.10 Å². The summed E-state index contributed by atoms with van der Waals surface area (Å²) in [6.07, 6.45) is -1.71. The first kappa shape index (κ1) is 60.8. The highest BCUT2D eigenvalue weighted by Crippen LogP contribution is 2.15. The fraction of sp³-hybridized carbons (Fsp3) is 0.720. The van der Waals surface area contributed by atoms with Crippen LogP contribution in [-0.2, 0) is 49.6 Å². The molecule has 1 rings (SSSR count). The van der Waals surface area contributed by atoms with Crippen LogP contribution in [0.15, 0.2) is 30.3 Å². The molecule has 68 heavy (non-hydrogen) atoms. The Balaban J connectivity index is 2.71. The van der Waals surface area contributed by atoms with Crippen LogP contribution in [0.1, 0.15) is 154 Å². The van der Waals surface area contributed by atoms with Crippen LogP contribution in [-0.4, -0.2) is 107 Å². The smallest absolute Gasteiger partial charge is 0.407 e. The second kappa shape index (κ2) is 30.3. The maximum absolute atomic E-state index is 13.2. The van der Waals surface area contributed by atoms with Crippen LogP contribution in [0.5, 0.6) is 0 Å². The number of hydrogen-bond acceptors (Lipinski definition) is 11. The maximum Gasteiger partial charge on any atom is 0.407 e. The van der Waals surface area contributed by atoms with Gasteiger partial charge in [0.05, 0.1) is 12.5 Å². The predicted molar refractivity (Wildman–Crippen MR) is 260 cm³/mol. The van der Waals surface area contributed by atoms with Gasteiger partial charge in [-0.25, -0.2) is 4.79 Å². The Kier molecular flexibility index (Phi) is 27.0. The van der Waals surface area contributed by atoms with E-state index in [1.54, 1.807) is 48.5 Å². The van der Waals surface area contributed by atoms with E-state index >= 15 is 0 Å². The van der Waals surface area contributed by atoms with Crippen molar-refractivity contribution in [3.8, 4) is 0 Å². The van der Waals surface area contributed by atoms with E-state index in [-0.39, 0.29) is 86.5 Å². The summed E-state index contributed by atoms with van der Waals surface area (Å²) < 4.78 is 10.7. The SMILES string of the molecule is CC(C)C[C@@H](CC(=O)N[C@@H](C)[C@H](O)C(=O)N[C@H](CC(=O)N[C@@H](C)CC(=O)N[C@H](CC(=O)OCc1ccccc1)CC(C)C)C(C)C)NC(=O)C[C@H](C)NC(=O)C[C@@H](NC(=O)OC(C)(C)C)C(C)C. The van der Waals surface area contributed by atoms with Gasteiger partial charge in [0.25, 0.3) is 5.91 Å². The number of nitrogens with one attached hydrogen (secondary N) is 7. The summed E-state index contributed by atoms with van der Waals surface area (Å²) in [6.45, 7) is 25.4. The van der Waals surface area contributed by atoms with E-state index in [0.717, 1.165) is 5.56 Å². The molecule has 7 amide bonds. The van der Waals surface area contributed by atoms with Crippen molar-refractivity contribution in [2.24, 2.45) is 23.7 Å².